The van der Waals surface area contributed by atoms with Crippen LogP contribution in [0.15, 0.2) is 0 Å². The molecule has 0 saturated carbocycles. The Balaban J connectivity index is 2.14. The zero-order valence-electron chi connectivity index (χ0n) is 15.0. The van der Waals surface area contributed by atoms with Crippen LogP contribution in [0, 0.1) is 5.92 Å². The highest BCUT2D eigenvalue weighted by Crippen LogP contribution is 2.30. The Bertz CT molecular complexity index is 507. The largest absolute Gasteiger partial charge is 0.465 e. The van der Waals surface area contributed by atoms with E-state index in [0.29, 0.717) is 0 Å². The lowest BCUT2D eigenvalue weighted by Gasteiger charge is -2.39. The van der Waals surface area contributed by atoms with Gasteiger partial charge >= 0.3 is 17.9 Å². The molecule has 2 aliphatic rings. The lowest BCUT2D eigenvalue weighted by Crippen LogP contribution is -2.54. The van der Waals surface area contributed by atoms with Gasteiger partial charge in [0.25, 0.3) is 0 Å². The number of hydrogen-bond donors (Lipinski definition) is 0. The van der Waals surface area contributed by atoms with Crippen molar-refractivity contribution in [2.24, 2.45) is 5.92 Å². The lowest BCUT2D eigenvalue weighted by molar-refractivity contribution is -0.262. The number of fused-ring (bicyclic) bond motifs is 1. The second-order valence-corrected chi connectivity index (χ2v) is 5.98. The van der Waals surface area contributed by atoms with E-state index in [0.717, 1.165) is 0 Å². The quantitative estimate of drug-likeness (QED) is 0.455. The molecule has 0 bridgehead atoms. The normalized spacial score (nSPS) is 31.3. The summed E-state index contributed by atoms with van der Waals surface area (Å²) in [5.74, 6) is -1.82. The molecule has 26 heavy (non-hydrogen) atoms. The summed E-state index contributed by atoms with van der Waals surface area (Å²) < 4.78 is 37.7. The molecule has 0 spiro atoms. The minimum Gasteiger partial charge on any atom is -0.465 e. The molecule has 10 heteroatoms. The fourth-order valence-corrected chi connectivity index (χ4v) is 2.85. The Morgan fingerprint density at radius 3 is 1.73 bits per heavy atom. The van der Waals surface area contributed by atoms with Crippen molar-refractivity contribution >= 4 is 17.9 Å². The molecule has 0 N–H and O–H groups in total. The zero-order valence-corrected chi connectivity index (χ0v) is 15.0. The lowest BCUT2D eigenvalue weighted by atomic mass is 9.90. The topological polar surface area (TPSA) is 116 Å². The van der Waals surface area contributed by atoms with Crippen LogP contribution in [0.1, 0.15) is 20.8 Å². The van der Waals surface area contributed by atoms with E-state index in [1.807, 2.05) is 0 Å². The van der Waals surface area contributed by atoms with Gasteiger partial charge in [0, 0.05) is 20.8 Å². The van der Waals surface area contributed by atoms with E-state index in [2.05, 4.69) is 0 Å². The van der Waals surface area contributed by atoms with E-state index in [1.165, 1.54) is 20.8 Å². The summed E-state index contributed by atoms with van der Waals surface area (Å²) in [5, 5.41) is 0. The van der Waals surface area contributed by atoms with Crippen molar-refractivity contribution in [1.29, 1.82) is 0 Å². The predicted molar refractivity (Wildman–Crippen MR) is 82.6 cm³/mol. The van der Waals surface area contributed by atoms with Gasteiger partial charge in [0.15, 0.2) is 0 Å². The van der Waals surface area contributed by atoms with Gasteiger partial charge in [0.1, 0.15) is 45.1 Å². The van der Waals surface area contributed by atoms with Crippen molar-refractivity contribution in [3.63, 3.8) is 0 Å². The first-order chi connectivity index (χ1) is 12.4. The van der Waals surface area contributed by atoms with Gasteiger partial charge in [0.05, 0.1) is 18.6 Å². The second-order valence-electron chi connectivity index (χ2n) is 5.98. The molecule has 2 heterocycles. The van der Waals surface area contributed by atoms with E-state index in [-0.39, 0.29) is 33.4 Å². The van der Waals surface area contributed by atoms with Crippen LogP contribution in [0.5, 0.6) is 0 Å². The summed E-state index contributed by atoms with van der Waals surface area (Å²) in [6.07, 6.45) is -2.33. The number of carbonyl (C=O) groups excluding carboxylic acids is 3. The first-order valence-corrected chi connectivity index (χ1v) is 8.25. The van der Waals surface area contributed by atoms with Gasteiger partial charge in [-0.15, -0.1) is 0 Å². The van der Waals surface area contributed by atoms with Gasteiger partial charge < -0.3 is 33.2 Å². The standard InChI is InChI=1S/C16H24O10/c1-9(17)20-4-12-13(5-21-10(2)18)23-7-26-16-14(6-22-11(3)19)24-8-25-15(12)16/h12-16H,4-8H2,1-3H3. The van der Waals surface area contributed by atoms with Gasteiger partial charge in [-0.25, -0.2) is 0 Å². The van der Waals surface area contributed by atoms with Crippen LogP contribution < -0.4 is 0 Å². The third-order valence-electron chi connectivity index (χ3n) is 4.06. The summed E-state index contributed by atoms with van der Waals surface area (Å²) >= 11 is 0. The molecule has 0 aromatic heterocycles. The van der Waals surface area contributed by atoms with Gasteiger partial charge in [-0.05, 0) is 0 Å². The maximum atomic E-state index is 11.2. The molecule has 5 unspecified atom stereocenters. The van der Waals surface area contributed by atoms with Crippen molar-refractivity contribution in [2.45, 2.75) is 45.2 Å². The highest BCUT2D eigenvalue weighted by Gasteiger charge is 2.47. The van der Waals surface area contributed by atoms with Gasteiger partial charge in [-0.1, -0.05) is 0 Å². The highest BCUT2D eigenvalue weighted by molar-refractivity contribution is 5.66. The van der Waals surface area contributed by atoms with Crippen LogP contribution in [0.2, 0.25) is 0 Å². The van der Waals surface area contributed by atoms with Gasteiger partial charge in [-0.3, -0.25) is 14.4 Å². The molecule has 2 aliphatic heterocycles. The minimum absolute atomic E-state index is 0.00520. The predicted octanol–water partition coefficient (Wildman–Crippen LogP) is -0.225. The fourth-order valence-electron chi connectivity index (χ4n) is 2.85. The van der Waals surface area contributed by atoms with Crippen LogP contribution in [-0.4, -0.2) is 75.7 Å². The monoisotopic (exact) mass is 376 g/mol. The van der Waals surface area contributed by atoms with E-state index in [4.69, 9.17) is 33.2 Å². The molecule has 5 atom stereocenters. The van der Waals surface area contributed by atoms with Crippen LogP contribution >= 0.6 is 0 Å². The Hall–Kier alpha value is -1.75. The van der Waals surface area contributed by atoms with E-state index in [1.54, 1.807) is 0 Å². The number of ether oxygens (including phenoxy) is 7. The smallest absolute Gasteiger partial charge is 0.302 e. The van der Waals surface area contributed by atoms with Crippen molar-refractivity contribution in [3.8, 4) is 0 Å². The molecule has 0 aromatic rings. The average Bonchev–Trinajstić information content (AvgIpc) is 2.75. The second kappa shape index (κ2) is 9.81. The summed E-state index contributed by atoms with van der Waals surface area (Å²) in [6.45, 7) is 3.68. The summed E-state index contributed by atoms with van der Waals surface area (Å²) in [7, 11) is 0. The van der Waals surface area contributed by atoms with E-state index in [9.17, 15) is 14.4 Å². The maximum absolute atomic E-state index is 11.2. The number of esters is 3. The van der Waals surface area contributed by atoms with Gasteiger partial charge in [0.2, 0.25) is 0 Å². The molecular weight excluding hydrogens is 352 g/mol. The van der Waals surface area contributed by atoms with Crippen molar-refractivity contribution < 1.29 is 47.5 Å². The zero-order chi connectivity index (χ0) is 19.1. The Morgan fingerprint density at radius 2 is 1.15 bits per heavy atom. The first-order valence-electron chi connectivity index (χ1n) is 8.25. The summed E-state index contributed by atoms with van der Waals surface area (Å²) in [6, 6.07) is 0. The molecule has 10 nitrogen and oxygen atoms in total. The molecule has 0 aliphatic carbocycles. The number of carbonyl (C=O) groups is 3. The average molecular weight is 376 g/mol. The third kappa shape index (κ3) is 5.90. The fraction of sp³-hybridized carbons (Fsp3) is 0.812. The number of hydrogen-bond acceptors (Lipinski definition) is 10. The van der Waals surface area contributed by atoms with Crippen molar-refractivity contribution in [1.82, 2.24) is 0 Å². The van der Waals surface area contributed by atoms with Crippen LogP contribution in [-0.2, 0) is 47.5 Å². The highest BCUT2D eigenvalue weighted by atomic mass is 16.7. The van der Waals surface area contributed by atoms with Gasteiger partial charge in [-0.2, -0.15) is 0 Å². The molecule has 0 radical (unpaired) electrons. The van der Waals surface area contributed by atoms with E-state index >= 15 is 0 Å². The third-order valence-corrected chi connectivity index (χ3v) is 4.06. The molecule has 0 aromatic carbocycles. The summed E-state index contributed by atoms with van der Waals surface area (Å²) in [5.41, 5.74) is 0. The minimum atomic E-state index is -0.606. The first kappa shape index (κ1) is 20.6. The van der Waals surface area contributed by atoms with Crippen LogP contribution in [0.4, 0.5) is 0 Å². The Kier molecular flexibility index (Phi) is 7.76. The molecule has 2 saturated heterocycles. The maximum Gasteiger partial charge on any atom is 0.302 e. The van der Waals surface area contributed by atoms with E-state index < -0.39 is 48.2 Å². The van der Waals surface area contributed by atoms with Crippen molar-refractivity contribution in [3.05, 3.63) is 0 Å². The number of rotatable bonds is 6. The molecule has 2 rings (SSSR count). The van der Waals surface area contributed by atoms with Crippen molar-refractivity contribution in [2.75, 3.05) is 33.4 Å². The SMILES string of the molecule is CC(=O)OCC1OCOC2C(COC(C)=O)OCOC2C1COC(C)=O. The molecular formula is C16H24O10. The molecule has 0 amide bonds. The Labute approximate surface area is 150 Å². The molecule has 2 fully saturated rings. The summed E-state index contributed by atoms with van der Waals surface area (Å²) in [4.78, 5) is 33.5. The van der Waals surface area contributed by atoms with Crippen LogP contribution in [0.3, 0.4) is 0 Å². The van der Waals surface area contributed by atoms with Crippen LogP contribution in [0.25, 0.3) is 0 Å². The molecule has 148 valence electrons. The Morgan fingerprint density at radius 1 is 0.692 bits per heavy atom.